The number of anilines is 1. The molecule has 0 radical (unpaired) electrons. The fraction of sp³-hybridized carbons (Fsp3) is 0.364. The average molecular weight is 401 g/mol. The van der Waals surface area contributed by atoms with Gasteiger partial charge in [0.25, 0.3) is 5.91 Å². The minimum atomic E-state index is -0.711. The molecule has 0 saturated heterocycles. The number of nitrogens with one attached hydrogen (secondary N) is 1. The minimum Gasteiger partial charge on any atom is -0.492 e. The molecule has 6 heteroatoms. The molecule has 0 saturated carbocycles. The number of hydrogen-bond donors (Lipinski definition) is 1. The molecule has 0 aliphatic carbocycles. The Kier molecular flexibility index (Phi) is 5.66. The van der Waals surface area contributed by atoms with Crippen LogP contribution in [0.5, 0.6) is 5.75 Å². The van der Waals surface area contributed by atoms with Gasteiger partial charge in [0.2, 0.25) is 5.91 Å². The van der Waals surface area contributed by atoms with Gasteiger partial charge in [-0.05, 0) is 41.3 Å². The van der Waals surface area contributed by atoms with Gasteiger partial charge in [-0.1, -0.05) is 44.5 Å². The van der Waals surface area contributed by atoms with Gasteiger partial charge in [0.1, 0.15) is 18.4 Å². The number of benzene rings is 2. The van der Waals surface area contributed by atoms with E-state index in [1.54, 1.807) is 23.1 Å². The fourth-order valence-corrected chi connectivity index (χ4v) is 3.47. The maximum absolute atomic E-state index is 12.8. The molecule has 3 rings (SSSR count). The molecular weight excluding hydrogens is 376 g/mol. The second-order valence-corrected chi connectivity index (χ2v) is 8.39. The van der Waals surface area contributed by atoms with E-state index in [2.05, 4.69) is 38.2 Å². The van der Waals surface area contributed by atoms with Gasteiger partial charge >= 0.3 is 0 Å². The summed E-state index contributed by atoms with van der Waals surface area (Å²) in [5.74, 6) is 0.315. The Morgan fingerprint density at radius 2 is 1.86 bits per heavy atom. The zero-order chi connectivity index (χ0) is 20.5. The average Bonchev–Trinajstić information content (AvgIpc) is 2.86. The zero-order valence-electron chi connectivity index (χ0n) is 16.6. The number of rotatable bonds is 5. The zero-order valence-corrected chi connectivity index (χ0v) is 17.3. The van der Waals surface area contributed by atoms with E-state index in [0.29, 0.717) is 23.7 Å². The topological polar surface area (TPSA) is 58.6 Å². The first kappa shape index (κ1) is 20.2. The Hall–Kier alpha value is -2.53. The summed E-state index contributed by atoms with van der Waals surface area (Å²) in [6, 6.07) is 12.6. The van der Waals surface area contributed by atoms with Crippen molar-refractivity contribution in [3.05, 3.63) is 58.6 Å². The highest BCUT2D eigenvalue weighted by Crippen LogP contribution is 2.37. The van der Waals surface area contributed by atoms with Crippen molar-refractivity contribution in [3.8, 4) is 5.75 Å². The smallest absolute Gasteiger partial charge is 0.254 e. The quantitative estimate of drug-likeness (QED) is 0.816. The molecule has 2 aromatic rings. The lowest BCUT2D eigenvalue weighted by atomic mass is 9.87. The van der Waals surface area contributed by atoms with E-state index in [1.807, 2.05) is 12.1 Å². The van der Waals surface area contributed by atoms with Crippen molar-refractivity contribution in [2.24, 2.45) is 0 Å². The summed E-state index contributed by atoms with van der Waals surface area (Å²) in [6.45, 7) is 8.61. The molecule has 0 bridgehead atoms. The number of carbonyl (C=O) groups excluding carboxylic acids is 2. The van der Waals surface area contributed by atoms with Gasteiger partial charge in [-0.3, -0.25) is 9.59 Å². The van der Waals surface area contributed by atoms with Crippen LogP contribution in [-0.4, -0.2) is 25.0 Å². The van der Waals surface area contributed by atoms with Crippen LogP contribution in [0.2, 0.25) is 5.02 Å². The van der Waals surface area contributed by atoms with E-state index < -0.39 is 6.04 Å². The van der Waals surface area contributed by atoms with Crippen LogP contribution in [0.4, 0.5) is 5.69 Å². The summed E-state index contributed by atoms with van der Waals surface area (Å²) in [5.41, 5.74) is 2.78. The van der Waals surface area contributed by atoms with Gasteiger partial charge in [0.15, 0.2) is 0 Å². The highest BCUT2D eigenvalue weighted by atomic mass is 35.5. The van der Waals surface area contributed by atoms with Crippen molar-refractivity contribution in [2.75, 3.05) is 18.1 Å². The van der Waals surface area contributed by atoms with Crippen molar-refractivity contribution in [3.63, 3.8) is 0 Å². The number of ether oxygens (including phenoxy) is 1. The highest BCUT2D eigenvalue weighted by Gasteiger charge is 2.37. The number of nitrogens with zero attached hydrogens (tertiary/aromatic N) is 1. The Bertz CT molecular complexity index is 888. The lowest BCUT2D eigenvalue weighted by Crippen LogP contribution is -2.38. The molecule has 28 heavy (non-hydrogen) atoms. The van der Waals surface area contributed by atoms with E-state index in [-0.39, 0.29) is 17.2 Å². The highest BCUT2D eigenvalue weighted by molar-refractivity contribution is 6.31. The summed E-state index contributed by atoms with van der Waals surface area (Å²) in [4.78, 5) is 26.0. The normalized spacial score (nSPS) is 16.1. The molecule has 1 atom stereocenters. The fourth-order valence-electron chi connectivity index (χ4n) is 3.29. The Morgan fingerprint density at radius 1 is 1.18 bits per heavy atom. The predicted octanol–water partition coefficient (Wildman–Crippen LogP) is 4.24. The summed E-state index contributed by atoms with van der Waals surface area (Å²) in [7, 11) is 0. The van der Waals surface area contributed by atoms with Crippen LogP contribution in [0.3, 0.4) is 0 Å². The summed E-state index contributed by atoms with van der Waals surface area (Å²) in [6.07, 6.45) is 0. The van der Waals surface area contributed by atoms with E-state index in [1.165, 1.54) is 12.5 Å². The number of halogens is 1. The SMILES string of the molecule is CC(=O)N[C@H]1C(=O)N(CCOc2ccc(C(C)(C)C)cc2)c2ccc(Cl)cc21. The van der Waals surface area contributed by atoms with Crippen LogP contribution in [0, 0.1) is 0 Å². The van der Waals surface area contributed by atoms with Crippen molar-refractivity contribution in [1.82, 2.24) is 5.32 Å². The monoisotopic (exact) mass is 400 g/mol. The molecule has 148 valence electrons. The molecule has 1 heterocycles. The Balaban J connectivity index is 1.69. The van der Waals surface area contributed by atoms with Crippen molar-refractivity contribution in [1.29, 1.82) is 0 Å². The lowest BCUT2D eigenvalue weighted by molar-refractivity contribution is -0.126. The second-order valence-electron chi connectivity index (χ2n) is 7.95. The number of amides is 2. The second kappa shape index (κ2) is 7.84. The maximum atomic E-state index is 12.8. The van der Waals surface area contributed by atoms with Crippen LogP contribution in [0.15, 0.2) is 42.5 Å². The first-order valence-electron chi connectivity index (χ1n) is 9.28. The molecule has 0 unspecified atom stereocenters. The van der Waals surface area contributed by atoms with Gasteiger partial charge in [-0.15, -0.1) is 0 Å². The van der Waals surface area contributed by atoms with Crippen LogP contribution in [0.25, 0.3) is 0 Å². The standard InChI is InChI=1S/C22H25ClN2O3/c1-14(26)24-20-18-13-16(23)7-10-19(18)25(21(20)27)11-12-28-17-8-5-15(6-9-17)22(2,3)4/h5-10,13,20H,11-12H2,1-4H3,(H,24,26)/t20-/m1/s1. The number of carbonyl (C=O) groups is 2. The Labute approximate surface area is 170 Å². The molecule has 2 aromatic carbocycles. The Morgan fingerprint density at radius 3 is 2.46 bits per heavy atom. The third-order valence-electron chi connectivity index (χ3n) is 4.76. The molecule has 0 spiro atoms. The van der Waals surface area contributed by atoms with E-state index in [4.69, 9.17) is 16.3 Å². The lowest BCUT2D eigenvalue weighted by Gasteiger charge is -2.20. The van der Waals surface area contributed by atoms with Crippen LogP contribution in [-0.2, 0) is 15.0 Å². The molecule has 5 nitrogen and oxygen atoms in total. The van der Waals surface area contributed by atoms with Crippen LogP contribution in [0.1, 0.15) is 44.9 Å². The van der Waals surface area contributed by atoms with Gasteiger partial charge in [0.05, 0.1) is 6.54 Å². The molecule has 0 fully saturated rings. The van der Waals surface area contributed by atoms with E-state index in [0.717, 1.165) is 11.4 Å². The van der Waals surface area contributed by atoms with Gasteiger partial charge in [-0.2, -0.15) is 0 Å². The summed E-state index contributed by atoms with van der Waals surface area (Å²) >= 11 is 6.08. The molecule has 1 aliphatic heterocycles. The molecule has 1 N–H and O–H groups in total. The van der Waals surface area contributed by atoms with Gasteiger partial charge in [0, 0.05) is 23.2 Å². The predicted molar refractivity (Wildman–Crippen MR) is 111 cm³/mol. The molecule has 1 aliphatic rings. The largest absolute Gasteiger partial charge is 0.492 e. The third kappa shape index (κ3) is 4.30. The first-order valence-corrected chi connectivity index (χ1v) is 9.66. The van der Waals surface area contributed by atoms with Crippen molar-refractivity contribution >= 4 is 29.1 Å². The van der Waals surface area contributed by atoms with Crippen LogP contribution < -0.4 is 15.0 Å². The molecule has 2 amide bonds. The van der Waals surface area contributed by atoms with E-state index >= 15 is 0 Å². The third-order valence-corrected chi connectivity index (χ3v) is 4.99. The maximum Gasteiger partial charge on any atom is 0.254 e. The van der Waals surface area contributed by atoms with Gasteiger partial charge < -0.3 is 15.0 Å². The summed E-state index contributed by atoms with van der Waals surface area (Å²) in [5, 5.41) is 3.23. The number of fused-ring (bicyclic) bond motifs is 1. The number of hydrogen-bond acceptors (Lipinski definition) is 3. The van der Waals surface area contributed by atoms with Gasteiger partial charge in [-0.25, -0.2) is 0 Å². The van der Waals surface area contributed by atoms with E-state index in [9.17, 15) is 9.59 Å². The molecule has 0 aromatic heterocycles. The summed E-state index contributed by atoms with van der Waals surface area (Å²) < 4.78 is 5.83. The van der Waals surface area contributed by atoms with Crippen LogP contribution >= 0.6 is 11.6 Å². The molecular formula is C22H25ClN2O3. The van der Waals surface area contributed by atoms with Crippen molar-refractivity contribution < 1.29 is 14.3 Å². The van der Waals surface area contributed by atoms with Crippen molar-refractivity contribution in [2.45, 2.75) is 39.2 Å². The minimum absolute atomic E-state index is 0.0875. The first-order chi connectivity index (χ1) is 13.2.